The molecule has 9 N–H and O–H groups in total. The third-order valence-corrected chi connectivity index (χ3v) is 4.74. The quantitative estimate of drug-likeness (QED) is 0.209. The van der Waals surface area contributed by atoms with E-state index in [1.165, 1.54) is 0 Å². The van der Waals surface area contributed by atoms with Crippen LogP contribution >= 0.6 is 24.0 Å². The molecule has 11 nitrogen and oxygen atoms in total. The first kappa shape index (κ1) is 26.1. The van der Waals surface area contributed by atoms with E-state index in [1.807, 2.05) is 6.92 Å². The normalized spacial score (nSPS) is 19.5. The molecular weight excluding hydrogens is 447 g/mol. The maximum absolute atomic E-state index is 13.3. The van der Waals surface area contributed by atoms with Crippen LogP contribution in [0.1, 0.15) is 36.7 Å². The summed E-state index contributed by atoms with van der Waals surface area (Å²) in [5, 5.41) is 7.87. The molecule has 0 aromatic carbocycles. The van der Waals surface area contributed by atoms with Gasteiger partial charge in [-0.3, -0.25) is 19.9 Å². The van der Waals surface area contributed by atoms with E-state index in [0.29, 0.717) is 6.42 Å². The monoisotopic (exact) mass is 472 g/mol. The van der Waals surface area contributed by atoms with Gasteiger partial charge in [-0.2, -0.15) is 0 Å². The van der Waals surface area contributed by atoms with Crippen molar-refractivity contribution in [3.8, 4) is 0 Å². The van der Waals surface area contributed by atoms with Gasteiger partial charge in [0.25, 0.3) is 5.91 Å². The standard InChI is InChI=1S/C18H25ClN8O3.ClH/c1-2-3-6-18(7-4-10(5-8-18)30-9-11(20)28)27(17(23)24)16(29)12-14(21)26-15(22)13(19)25-12;/h4-5,7-8,10H,2-3,6,9H2,1H3,(H2,20,28)(H3,23,24)(H4,21,22,26);1H. The number of guanidine groups is 1. The highest BCUT2D eigenvalue weighted by molar-refractivity contribution is 6.31. The molecule has 1 aromatic heterocycles. The lowest BCUT2D eigenvalue weighted by Crippen LogP contribution is -2.56. The maximum Gasteiger partial charge on any atom is 0.284 e. The second-order valence-electron chi connectivity index (χ2n) is 6.71. The topological polar surface area (TPSA) is 200 Å². The number of primary amides is 1. The molecule has 170 valence electrons. The predicted octanol–water partition coefficient (Wildman–Crippen LogP) is 0.977. The number of anilines is 2. The van der Waals surface area contributed by atoms with Crippen LogP contribution in [0.5, 0.6) is 0 Å². The third-order valence-electron chi connectivity index (χ3n) is 4.47. The number of halogens is 2. The van der Waals surface area contributed by atoms with Gasteiger partial charge in [-0.25, -0.2) is 9.97 Å². The third kappa shape index (κ3) is 6.06. The lowest BCUT2D eigenvalue weighted by molar-refractivity contribution is -0.123. The summed E-state index contributed by atoms with van der Waals surface area (Å²) in [6.07, 6.45) is 8.20. The van der Waals surface area contributed by atoms with E-state index in [9.17, 15) is 9.59 Å². The minimum Gasteiger partial charge on any atom is -0.382 e. The summed E-state index contributed by atoms with van der Waals surface area (Å²) in [5.41, 5.74) is 21.0. The number of hydrogen-bond acceptors (Lipinski definition) is 8. The first-order chi connectivity index (χ1) is 14.1. The Bertz CT molecular complexity index is 892. The van der Waals surface area contributed by atoms with Crippen LogP contribution in [0.15, 0.2) is 24.3 Å². The summed E-state index contributed by atoms with van der Waals surface area (Å²) in [6, 6.07) is 0. The van der Waals surface area contributed by atoms with Crippen molar-refractivity contribution < 1.29 is 14.3 Å². The summed E-state index contributed by atoms with van der Waals surface area (Å²) >= 11 is 5.91. The lowest BCUT2D eigenvalue weighted by atomic mass is 9.85. The van der Waals surface area contributed by atoms with Gasteiger partial charge in [0, 0.05) is 0 Å². The average molecular weight is 473 g/mol. The van der Waals surface area contributed by atoms with Gasteiger partial charge in [0.2, 0.25) is 5.91 Å². The number of amides is 2. The van der Waals surface area contributed by atoms with Crippen LogP contribution in [-0.4, -0.2) is 50.9 Å². The van der Waals surface area contributed by atoms with Crippen molar-refractivity contribution in [1.29, 1.82) is 5.41 Å². The van der Waals surface area contributed by atoms with Crippen LogP contribution in [0.25, 0.3) is 0 Å². The van der Waals surface area contributed by atoms with E-state index in [0.717, 1.165) is 17.7 Å². The summed E-state index contributed by atoms with van der Waals surface area (Å²) < 4.78 is 5.37. The second-order valence-corrected chi connectivity index (χ2v) is 7.07. The zero-order valence-corrected chi connectivity index (χ0v) is 18.4. The molecule has 0 spiro atoms. The molecule has 0 bridgehead atoms. The van der Waals surface area contributed by atoms with E-state index < -0.39 is 29.4 Å². The number of nitrogen functional groups attached to an aromatic ring is 2. The van der Waals surface area contributed by atoms with Gasteiger partial charge in [-0.15, -0.1) is 12.4 Å². The molecule has 31 heavy (non-hydrogen) atoms. The Morgan fingerprint density at radius 1 is 1.23 bits per heavy atom. The van der Waals surface area contributed by atoms with Gasteiger partial charge in [0.15, 0.2) is 28.4 Å². The predicted molar refractivity (Wildman–Crippen MR) is 121 cm³/mol. The first-order valence-corrected chi connectivity index (χ1v) is 9.54. The van der Waals surface area contributed by atoms with E-state index in [1.54, 1.807) is 24.3 Å². The Kier molecular flexibility index (Phi) is 9.22. The molecule has 0 saturated carbocycles. The molecule has 1 aliphatic carbocycles. The molecule has 0 fully saturated rings. The molecule has 0 atom stereocenters. The minimum absolute atomic E-state index is 0. The van der Waals surface area contributed by atoms with E-state index in [2.05, 4.69) is 9.97 Å². The highest BCUT2D eigenvalue weighted by Crippen LogP contribution is 2.32. The number of nitrogens with zero attached hydrogens (tertiary/aromatic N) is 3. The Labute approximate surface area is 190 Å². The van der Waals surface area contributed by atoms with Crippen molar-refractivity contribution in [2.75, 3.05) is 18.1 Å². The Hall–Kier alpha value is -2.89. The van der Waals surface area contributed by atoms with Crippen LogP contribution in [-0.2, 0) is 9.53 Å². The van der Waals surface area contributed by atoms with Gasteiger partial charge in [0.05, 0.1) is 11.6 Å². The van der Waals surface area contributed by atoms with Gasteiger partial charge in [-0.05, 0) is 6.42 Å². The Morgan fingerprint density at radius 3 is 2.35 bits per heavy atom. The number of nitrogens with two attached hydrogens (primary N) is 4. The number of carbonyl (C=O) groups is 2. The van der Waals surface area contributed by atoms with Crippen LogP contribution in [0.2, 0.25) is 5.15 Å². The lowest BCUT2D eigenvalue weighted by Gasteiger charge is -2.40. The van der Waals surface area contributed by atoms with Crippen molar-refractivity contribution in [2.24, 2.45) is 11.5 Å². The smallest absolute Gasteiger partial charge is 0.284 e. The van der Waals surface area contributed by atoms with Crippen molar-refractivity contribution in [3.63, 3.8) is 0 Å². The second kappa shape index (κ2) is 10.9. The summed E-state index contributed by atoms with van der Waals surface area (Å²) in [7, 11) is 0. The number of carbonyl (C=O) groups excluding carboxylic acids is 2. The zero-order chi connectivity index (χ0) is 22.5. The number of nitrogens with one attached hydrogen (secondary N) is 1. The summed E-state index contributed by atoms with van der Waals surface area (Å²) in [4.78, 5) is 33.1. The molecule has 0 aliphatic heterocycles. The van der Waals surface area contributed by atoms with Crippen LogP contribution in [0.3, 0.4) is 0 Å². The van der Waals surface area contributed by atoms with Gasteiger partial charge < -0.3 is 27.7 Å². The molecule has 13 heteroatoms. The molecule has 2 rings (SSSR count). The summed E-state index contributed by atoms with van der Waals surface area (Å²) in [5.74, 6) is -2.22. The first-order valence-electron chi connectivity index (χ1n) is 9.17. The van der Waals surface area contributed by atoms with Crippen molar-refractivity contribution >= 4 is 53.4 Å². The van der Waals surface area contributed by atoms with Crippen molar-refractivity contribution in [3.05, 3.63) is 35.2 Å². The molecule has 0 radical (unpaired) electrons. The molecular formula is C18H26Cl2N8O3. The van der Waals surface area contributed by atoms with E-state index in [-0.39, 0.29) is 41.5 Å². The Morgan fingerprint density at radius 2 is 1.84 bits per heavy atom. The number of ether oxygens (including phenoxy) is 1. The van der Waals surface area contributed by atoms with Gasteiger partial charge >= 0.3 is 0 Å². The molecule has 0 saturated heterocycles. The molecule has 1 heterocycles. The maximum atomic E-state index is 13.3. The highest BCUT2D eigenvalue weighted by atomic mass is 35.5. The van der Waals surface area contributed by atoms with Crippen LogP contribution in [0.4, 0.5) is 11.6 Å². The fourth-order valence-electron chi connectivity index (χ4n) is 3.05. The van der Waals surface area contributed by atoms with Crippen LogP contribution in [0, 0.1) is 5.41 Å². The largest absolute Gasteiger partial charge is 0.382 e. The van der Waals surface area contributed by atoms with Crippen LogP contribution < -0.4 is 22.9 Å². The van der Waals surface area contributed by atoms with Crippen molar-refractivity contribution in [2.45, 2.75) is 37.8 Å². The molecule has 2 amide bonds. The number of aromatic nitrogens is 2. The van der Waals surface area contributed by atoms with Gasteiger partial charge in [0.1, 0.15) is 6.61 Å². The molecule has 1 aromatic rings. The van der Waals surface area contributed by atoms with Gasteiger partial charge in [-0.1, -0.05) is 55.7 Å². The summed E-state index contributed by atoms with van der Waals surface area (Å²) in [6.45, 7) is 1.73. The fourth-order valence-corrected chi connectivity index (χ4v) is 3.17. The average Bonchev–Trinajstić information content (AvgIpc) is 2.68. The SMILES string of the molecule is CCCCC1(N(C(=N)N)C(=O)c2nc(Cl)c(N)nc2N)C=CC(OCC(N)=O)C=C1.Cl. The molecule has 0 unspecified atom stereocenters. The van der Waals surface area contributed by atoms with E-state index in [4.69, 9.17) is 44.7 Å². The Balaban J connectivity index is 0.00000480. The van der Waals surface area contributed by atoms with Crippen molar-refractivity contribution in [1.82, 2.24) is 14.9 Å². The number of rotatable bonds is 8. The fraction of sp³-hybridized carbons (Fsp3) is 0.389. The number of unbranched alkanes of at least 4 members (excludes halogenated alkanes) is 1. The highest BCUT2D eigenvalue weighted by Gasteiger charge is 2.40. The molecule has 1 aliphatic rings. The van der Waals surface area contributed by atoms with E-state index >= 15 is 0 Å². The zero-order valence-electron chi connectivity index (χ0n) is 16.9. The minimum atomic E-state index is -1.08. The number of hydrogen-bond donors (Lipinski definition) is 5.